The number of amidine groups is 1. The number of hydrogen-bond donors (Lipinski definition) is 2. The average molecular weight is 392 g/mol. The summed E-state index contributed by atoms with van der Waals surface area (Å²) in [5, 5.41) is 0. The van der Waals surface area contributed by atoms with Gasteiger partial charge in [0.2, 0.25) is 5.91 Å². The van der Waals surface area contributed by atoms with Crippen molar-refractivity contribution in [2.45, 2.75) is 32.1 Å². The minimum Gasteiger partial charge on any atom is -0.492 e. The molecule has 2 aliphatic heterocycles. The summed E-state index contributed by atoms with van der Waals surface area (Å²) in [7, 11) is -3.81. The summed E-state index contributed by atoms with van der Waals surface area (Å²) in [5.74, 6) is 1.51. The van der Waals surface area contributed by atoms with Gasteiger partial charge < -0.3 is 15.4 Å². The van der Waals surface area contributed by atoms with Crippen molar-refractivity contribution in [1.29, 1.82) is 0 Å². The van der Waals surface area contributed by atoms with E-state index in [1.165, 1.54) is 12.8 Å². The summed E-state index contributed by atoms with van der Waals surface area (Å²) in [6, 6.07) is 5.08. The first-order chi connectivity index (χ1) is 12.9. The zero-order valence-electron chi connectivity index (χ0n) is 15.1. The number of anilines is 1. The SMILES string of the molecule is NC1=NS(=O)(=O)Nc2cccc(OCC3CCCN(C(=O)CC4CC4)C3)c21. The van der Waals surface area contributed by atoms with E-state index >= 15 is 0 Å². The van der Waals surface area contributed by atoms with Gasteiger partial charge in [-0.25, -0.2) is 0 Å². The first-order valence-corrected chi connectivity index (χ1v) is 10.8. The largest absolute Gasteiger partial charge is 0.492 e. The maximum absolute atomic E-state index is 12.4. The number of amides is 1. The molecule has 0 aromatic heterocycles. The zero-order chi connectivity index (χ0) is 19.0. The highest BCUT2D eigenvalue weighted by atomic mass is 32.2. The number of likely N-dealkylation sites (tertiary alicyclic amines) is 1. The van der Waals surface area contributed by atoms with Crippen molar-refractivity contribution in [2.75, 3.05) is 24.4 Å². The molecule has 1 aromatic carbocycles. The molecule has 1 unspecified atom stereocenters. The average Bonchev–Trinajstić information content (AvgIpc) is 3.42. The molecule has 1 amide bonds. The Morgan fingerprint density at radius 1 is 1.30 bits per heavy atom. The van der Waals surface area contributed by atoms with Gasteiger partial charge in [0.25, 0.3) is 0 Å². The molecule has 3 N–H and O–H groups in total. The number of ether oxygens (including phenoxy) is 1. The number of rotatable bonds is 5. The predicted molar refractivity (Wildman–Crippen MR) is 102 cm³/mol. The third-order valence-corrected chi connectivity index (χ3v) is 6.16. The second kappa shape index (κ2) is 7.03. The second-order valence-electron chi connectivity index (χ2n) is 7.54. The molecule has 146 valence electrons. The highest BCUT2D eigenvalue weighted by molar-refractivity contribution is 7.91. The molecular weight excluding hydrogens is 368 g/mol. The van der Waals surface area contributed by atoms with Crippen LogP contribution in [0.4, 0.5) is 5.69 Å². The van der Waals surface area contributed by atoms with E-state index in [4.69, 9.17) is 10.5 Å². The number of fused-ring (bicyclic) bond motifs is 1. The Hall–Kier alpha value is -2.29. The Morgan fingerprint density at radius 2 is 2.11 bits per heavy atom. The fraction of sp³-hybridized carbons (Fsp3) is 0.556. The Balaban J connectivity index is 1.41. The van der Waals surface area contributed by atoms with Crippen molar-refractivity contribution < 1.29 is 17.9 Å². The van der Waals surface area contributed by atoms with Crippen LogP contribution in [-0.4, -0.2) is 44.8 Å². The topological polar surface area (TPSA) is 114 Å². The van der Waals surface area contributed by atoms with E-state index in [0.29, 0.717) is 42.5 Å². The van der Waals surface area contributed by atoms with E-state index in [0.717, 1.165) is 19.4 Å². The summed E-state index contributed by atoms with van der Waals surface area (Å²) in [6.07, 6.45) is 5.00. The molecule has 1 saturated heterocycles. The second-order valence-corrected chi connectivity index (χ2v) is 8.88. The molecular formula is C18H24N4O4S. The third kappa shape index (κ3) is 4.18. The molecule has 0 bridgehead atoms. The monoisotopic (exact) mass is 392 g/mol. The fourth-order valence-electron chi connectivity index (χ4n) is 3.67. The van der Waals surface area contributed by atoms with E-state index in [1.807, 2.05) is 4.90 Å². The van der Waals surface area contributed by atoms with E-state index in [1.54, 1.807) is 18.2 Å². The Bertz CT molecular complexity index is 879. The molecule has 1 saturated carbocycles. The predicted octanol–water partition coefficient (Wildman–Crippen LogP) is 1.48. The number of piperidine rings is 1. The van der Waals surface area contributed by atoms with Crippen LogP contribution in [0.3, 0.4) is 0 Å². The van der Waals surface area contributed by atoms with Crippen molar-refractivity contribution in [2.24, 2.45) is 22.0 Å². The molecule has 3 aliphatic rings. The molecule has 1 atom stereocenters. The third-order valence-electron chi connectivity index (χ3n) is 5.25. The fourth-order valence-corrected chi connectivity index (χ4v) is 4.51. The summed E-state index contributed by atoms with van der Waals surface area (Å²) in [5.41, 5.74) is 6.67. The number of carbonyl (C=O) groups is 1. The van der Waals surface area contributed by atoms with Crippen LogP contribution in [0.5, 0.6) is 5.75 Å². The van der Waals surface area contributed by atoms with Crippen molar-refractivity contribution in [1.82, 2.24) is 4.90 Å². The number of nitrogens with two attached hydrogens (primary N) is 1. The molecule has 0 radical (unpaired) electrons. The lowest BCUT2D eigenvalue weighted by atomic mass is 9.98. The van der Waals surface area contributed by atoms with Crippen LogP contribution in [0, 0.1) is 11.8 Å². The summed E-state index contributed by atoms with van der Waals surface area (Å²) >= 11 is 0. The molecule has 9 heteroatoms. The van der Waals surface area contributed by atoms with E-state index in [9.17, 15) is 13.2 Å². The van der Waals surface area contributed by atoms with Crippen LogP contribution in [-0.2, 0) is 15.0 Å². The maximum atomic E-state index is 12.4. The number of nitrogens with zero attached hydrogens (tertiary/aromatic N) is 2. The molecule has 1 aliphatic carbocycles. The standard InChI is InChI=1S/C18H24N4O4S/c19-18-17-14(20-27(24,25)21-18)4-1-5-15(17)26-11-13-3-2-8-22(10-13)16(23)9-12-6-7-12/h1,4-5,12-13,20H,2-3,6-11H2,(H2,19,21). The molecule has 4 rings (SSSR count). The lowest BCUT2D eigenvalue weighted by molar-refractivity contribution is -0.133. The van der Waals surface area contributed by atoms with Crippen LogP contribution in [0.25, 0.3) is 0 Å². The smallest absolute Gasteiger partial charge is 0.344 e. The van der Waals surface area contributed by atoms with Crippen LogP contribution in [0.2, 0.25) is 0 Å². The van der Waals surface area contributed by atoms with Gasteiger partial charge in [-0.15, -0.1) is 4.40 Å². The van der Waals surface area contributed by atoms with Crippen LogP contribution in [0.15, 0.2) is 22.6 Å². The van der Waals surface area contributed by atoms with Gasteiger partial charge in [-0.3, -0.25) is 9.52 Å². The highest BCUT2D eigenvalue weighted by Gasteiger charge is 2.30. The normalized spacial score (nSPS) is 23.8. The molecule has 8 nitrogen and oxygen atoms in total. The highest BCUT2D eigenvalue weighted by Crippen LogP contribution is 2.34. The van der Waals surface area contributed by atoms with E-state index in [2.05, 4.69) is 9.12 Å². The number of carbonyl (C=O) groups excluding carboxylic acids is 1. The van der Waals surface area contributed by atoms with Gasteiger partial charge in [-0.05, 0) is 43.7 Å². The van der Waals surface area contributed by atoms with Gasteiger partial charge in [0.15, 0.2) is 5.84 Å². The van der Waals surface area contributed by atoms with Gasteiger partial charge in [-0.1, -0.05) is 6.07 Å². The Labute approximate surface area is 159 Å². The van der Waals surface area contributed by atoms with Gasteiger partial charge in [0.1, 0.15) is 5.75 Å². The summed E-state index contributed by atoms with van der Waals surface area (Å²) in [4.78, 5) is 14.3. The first-order valence-electron chi connectivity index (χ1n) is 9.33. The Kier molecular flexibility index (Phi) is 4.71. The minimum atomic E-state index is -3.81. The van der Waals surface area contributed by atoms with Crippen molar-refractivity contribution in [3.63, 3.8) is 0 Å². The van der Waals surface area contributed by atoms with Gasteiger partial charge in [0.05, 0.1) is 17.9 Å². The zero-order valence-corrected chi connectivity index (χ0v) is 15.9. The molecule has 2 fully saturated rings. The summed E-state index contributed by atoms with van der Waals surface area (Å²) < 4.78 is 35.2. The maximum Gasteiger partial charge on any atom is 0.344 e. The van der Waals surface area contributed by atoms with E-state index < -0.39 is 10.2 Å². The number of nitrogens with one attached hydrogen (secondary N) is 1. The molecule has 27 heavy (non-hydrogen) atoms. The number of benzene rings is 1. The minimum absolute atomic E-state index is 0.0794. The lowest BCUT2D eigenvalue weighted by Gasteiger charge is -2.33. The van der Waals surface area contributed by atoms with Gasteiger partial charge in [-0.2, -0.15) is 8.42 Å². The van der Waals surface area contributed by atoms with Crippen molar-refractivity contribution in [3.05, 3.63) is 23.8 Å². The quantitative estimate of drug-likeness (QED) is 0.788. The van der Waals surface area contributed by atoms with E-state index in [-0.39, 0.29) is 17.7 Å². The van der Waals surface area contributed by atoms with Crippen molar-refractivity contribution in [3.8, 4) is 5.75 Å². The first kappa shape index (κ1) is 18.1. The molecule has 2 heterocycles. The van der Waals surface area contributed by atoms with Crippen LogP contribution in [0.1, 0.15) is 37.7 Å². The van der Waals surface area contributed by atoms with Crippen LogP contribution < -0.4 is 15.2 Å². The number of hydrogen-bond acceptors (Lipinski definition) is 5. The molecule has 0 spiro atoms. The molecule has 1 aromatic rings. The van der Waals surface area contributed by atoms with Gasteiger partial charge >= 0.3 is 10.2 Å². The van der Waals surface area contributed by atoms with Gasteiger partial charge in [0, 0.05) is 25.4 Å². The Morgan fingerprint density at radius 3 is 2.89 bits per heavy atom. The van der Waals surface area contributed by atoms with Crippen LogP contribution >= 0.6 is 0 Å². The van der Waals surface area contributed by atoms with Crippen molar-refractivity contribution >= 4 is 27.6 Å². The summed E-state index contributed by atoms with van der Waals surface area (Å²) in [6.45, 7) is 1.98. The lowest BCUT2D eigenvalue weighted by Crippen LogP contribution is -2.41.